The number of ether oxygens (including phenoxy) is 1. The highest BCUT2D eigenvalue weighted by atomic mass is 19.1. The zero-order valence-corrected chi connectivity index (χ0v) is 10.1. The number of carbonyl (C=O) groups is 1. The van der Waals surface area contributed by atoms with E-state index < -0.39 is 5.97 Å². The van der Waals surface area contributed by atoms with E-state index in [2.05, 4.69) is 10.5 Å². The molecule has 5 heteroatoms. The van der Waals surface area contributed by atoms with Crippen LogP contribution in [0.1, 0.15) is 19.4 Å². The smallest absolute Gasteiger partial charge is 0.354 e. The molecule has 0 aliphatic carbocycles. The average molecular weight is 238 g/mol. The molecular formula is C12H15FN2O2. The van der Waals surface area contributed by atoms with Gasteiger partial charge in [0, 0.05) is 0 Å². The number of anilines is 1. The maximum Gasteiger partial charge on any atom is 0.354 e. The minimum Gasteiger partial charge on any atom is -0.461 e. The highest BCUT2D eigenvalue weighted by Gasteiger charge is 2.06. The van der Waals surface area contributed by atoms with E-state index in [1.807, 2.05) is 6.92 Å². The monoisotopic (exact) mass is 238 g/mol. The third-order valence-electron chi connectivity index (χ3n) is 2.11. The first-order valence-electron chi connectivity index (χ1n) is 5.28. The Hall–Kier alpha value is -1.91. The largest absolute Gasteiger partial charge is 0.461 e. The maximum absolute atomic E-state index is 13.0. The number of nitrogens with zero attached hydrogens (tertiary/aromatic N) is 1. The van der Waals surface area contributed by atoms with Crippen molar-refractivity contribution >= 4 is 17.4 Å². The molecule has 0 aliphatic rings. The van der Waals surface area contributed by atoms with Crippen LogP contribution >= 0.6 is 0 Å². The van der Waals surface area contributed by atoms with Crippen molar-refractivity contribution in [1.29, 1.82) is 0 Å². The van der Waals surface area contributed by atoms with Crippen LogP contribution in [0.2, 0.25) is 0 Å². The number of esters is 1. The Balaban J connectivity index is 2.75. The van der Waals surface area contributed by atoms with Crippen molar-refractivity contribution in [3.05, 3.63) is 29.6 Å². The van der Waals surface area contributed by atoms with Gasteiger partial charge in [-0.1, -0.05) is 6.07 Å². The molecule has 0 unspecified atom stereocenters. The first-order chi connectivity index (χ1) is 8.04. The quantitative estimate of drug-likeness (QED) is 0.498. The van der Waals surface area contributed by atoms with Crippen molar-refractivity contribution in [2.24, 2.45) is 5.10 Å². The highest BCUT2D eigenvalue weighted by Crippen LogP contribution is 2.15. The average Bonchev–Trinajstić information content (AvgIpc) is 2.30. The summed E-state index contributed by atoms with van der Waals surface area (Å²) in [7, 11) is 0. The molecule has 0 heterocycles. The van der Waals surface area contributed by atoms with Crippen LogP contribution in [-0.2, 0) is 9.53 Å². The molecule has 0 aliphatic heterocycles. The number of rotatable bonds is 4. The second-order valence-corrected chi connectivity index (χ2v) is 3.49. The molecule has 4 nitrogen and oxygen atoms in total. The van der Waals surface area contributed by atoms with E-state index in [1.54, 1.807) is 13.0 Å². The van der Waals surface area contributed by atoms with E-state index in [-0.39, 0.29) is 11.5 Å². The first kappa shape index (κ1) is 13.2. The summed E-state index contributed by atoms with van der Waals surface area (Å²) in [6, 6.07) is 4.31. The van der Waals surface area contributed by atoms with Crippen LogP contribution < -0.4 is 5.43 Å². The second-order valence-electron chi connectivity index (χ2n) is 3.49. The van der Waals surface area contributed by atoms with Crippen LogP contribution in [0.25, 0.3) is 0 Å². The number of carbonyl (C=O) groups excluding carboxylic acids is 1. The van der Waals surface area contributed by atoms with Gasteiger partial charge in [0.1, 0.15) is 11.5 Å². The van der Waals surface area contributed by atoms with Crippen LogP contribution in [0.3, 0.4) is 0 Å². The molecule has 0 bridgehead atoms. The van der Waals surface area contributed by atoms with E-state index in [0.717, 1.165) is 5.56 Å². The Bertz CT molecular complexity index is 444. The predicted octanol–water partition coefficient (Wildman–Crippen LogP) is 2.49. The van der Waals surface area contributed by atoms with Crippen molar-refractivity contribution in [3.8, 4) is 0 Å². The van der Waals surface area contributed by atoms with Gasteiger partial charge in [-0.3, -0.25) is 5.43 Å². The van der Waals surface area contributed by atoms with E-state index in [0.29, 0.717) is 12.3 Å². The standard InChI is InChI=1S/C12H15FN2O2/c1-4-17-12(16)9(3)14-15-11-7-10(13)6-5-8(11)2/h5-7,15H,4H2,1-3H3/b14-9+. The molecule has 1 rings (SSSR count). The number of benzene rings is 1. The van der Waals surface area contributed by atoms with Gasteiger partial charge in [0.25, 0.3) is 0 Å². The fraction of sp³-hybridized carbons (Fsp3) is 0.333. The maximum atomic E-state index is 13.0. The zero-order chi connectivity index (χ0) is 12.8. The van der Waals surface area contributed by atoms with Gasteiger partial charge in [-0.05, 0) is 38.5 Å². The SMILES string of the molecule is CCOC(=O)/C(C)=N/Nc1cc(F)ccc1C. The molecule has 17 heavy (non-hydrogen) atoms. The number of hydrogen-bond donors (Lipinski definition) is 1. The van der Waals surface area contributed by atoms with Gasteiger partial charge >= 0.3 is 5.97 Å². The zero-order valence-electron chi connectivity index (χ0n) is 10.1. The molecule has 0 aromatic heterocycles. The Kier molecular flexibility index (Phi) is 4.63. The van der Waals surface area contributed by atoms with Gasteiger partial charge in [0.15, 0.2) is 0 Å². The molecule has 1 aromatic carbocycles. The van der Waals surface area contributed by atoms with Crippen LogP contribution in [0, 0.1) is 12.7 Å². The molecule has 1 aromatic rings. The summed E-state index contributed by atoms with van der Waals surface area (Å²) in [6.45, 7) is 5.36. The summed E-state index contributed by atoms with van der Waals surface area (Å²) in [5.41, 5.74) is 4.19. The van der Waals surface area contributed by atoms with E-state index in [9.17, 15) is 9.18 Å². The molecule has 0 amide bonds. The summed E-state index contributed by atoms with van der Waals surface area (Å²) in [5.74, 6) is -0.851. The van der Waals surface area contributed by atoms with Gasteiger partial charge in [0.05, 0.1) is 12.3 Å². The van der Waals surface area contributed by atoms with Crippen molar-refractivity contribution < 1.29 is 13.9 Å². The summed E-state index contributed by atoms with van der Waals surface area (Å²) in [5, 5.41) is 3.84. The van der Waals surface area contributed by atoms with Gasteiger partial charge in [-0.15, -0.1) is 0 Å². The minimum atomic E-state index is -0.492. The third kappa shape index (κ3) is 3.86. The normalized spacial score (nSPS) is 11.2. The summed E-state index contributed by atoms with van der Waals surface area (Å²) >= 11 is 0. The lowest BCUT2D eigenvalue weighted by atomic mass is 10.2. The lowest BCUT2D eigenvalue weighted by molar-refractivity contribution is -0.135. The molecule has 0 spiro atoms. The predicted molar refractivity (Wildman–Crippen MR) is 64.5 cm³/mol. The summed E-state index contributed by atoms with van der Waals surface area (Å²) in [6.07, 6.45) is 0. The Morgan fingerprint density at radius 2 is 2.24 bits per heavy atom. The Labute approximate surface area is 99.5 Å². The number of nitrogens with one attached hydrogen (secondary N) is 1. The highest BCUT2D eigenvalue weighted by molar-refractivity contribution is 6.35. The molecular weight excluding hydrogens is 223 g/mol. The van der Waals surface area contributed by atoms with Crippen molar-refractivity contribution in [3.63, 3.8) is 0 Å². The van der Waals surface area contributed by atoms with Crippen LogP contribution in [0.5, 0.6) is 0 Å². The topological polar surface area (TPSA) is 50.7 Å². The molecule has 1 N–H and O–H groups in total. The van der Waals surface area contributed by atoms with E-state index in [4.69, 9.17) is 4.74 Å². The minimum absolute atomic E-state index is 0.190. The van der Waals surface area contributed by atoms with Gasteiger partial charge in [0.2, 0.25) is 0 Å². The molecule has 0 saturated heterocycles. The second kappa shape index (κ2) is 5.98. The number of hydrogen-bond acceptors (Lipinski definition) is 4. The number of aryl methyl sites for hydroxylation is 1. The Morgan fingerprint density at radius 3 is 2.88 bits per heavy atom. The number of halogens is 1. The third-order valence-corrected chi connectivity index (χ3v) is 2.11. The molecule has 92 valence electrons. The molecule has 0 fully saturated rings. The van der Waals surface area contributed by atoms with Gasteiger partial charge in [-0.2, -0.15) is 5.10 Å². The molecule has 0 saturated carbocycles. The van der Waals surface area contributed by atoms with Crippen LogP contribution in [-0.4, -0.2) is 18.3 Å². The first-order valence-corrected chi connectivity index (χ1v) is 5.28. The number of hydrazone groups is 1. The lowest BCUT2D eigenvalue weighted by Gasteiger charge is -2.06. The van der Waals surface area contributed by atoms with Crippen LogP contribution in [0.15, 0.2) is 23.3 Å². The van der Waals surface area contributed by atoms with E-state index in [1.165, 1.54) is 19.1 Å². The van der Waals surface area contributed by atoms with Gasteiger partial charge in [-0.25, -0.2) is 9.18 Å². The van der Waals surface area contributed by atoms with Crippen molar-refractivity contribution in [2.75, 3.05) is 12.0 Å². The van der Waals surface area contributed by atoms with Crippen molar-refractivity contribution in [2.45, 2.75) is 20.8 Å². The molecule has 0 radical (unpaired) electrons. The van der Waals surface area contributed by atoms with E-state index >= 15 is 0 Å². The molecule has 0 atom stereocenters. The Morgan fingerprint density at radius 1 is 1.53 bits per heavy atom. The lowest BCUT2D eigenvalue weighted by Crippen LogP contribution is -2.15. The van der Waals surface area contributed by atoms with Crippen molar-refractivity contribution in [1.82, 2.24) is 0 Å². The van der Waals surface area contributed by atoms with Crippen LogP contribution in [0.4, 0.5) is 10.1 Å². The van der Waals surface area contributed by atoms with Gasteiger partial charge < -0.3 is 4.74 Å². The fourth-order valence-electron chi connectivity index (χ4n) is 1.14. The fourth-order valence-corrected chi connectivity index (χ4v) is 1.14. The summed E-state index contributed by atoms with van der Waals surface area (Å²) < 4.78 is 17.7. The summed E-state index contributed by atoms with van der Waals surface area (Å²) in [4.78, 5) is 11.2.